The molecule has 146 valence electrons. The predicted octanol–water partition coefficient (Wildman–Crippen LogP) is 2.84. The molecule has 0 aliphatic carbocycles. The topological polar surface area (TPSA) is 59.4 Å². The molecule has 0 radical (unpaired) electrons. The van der Waals surface area contributed by atoms with E-state index in [2.05, 4.69) is 10.2 Å². The monoisotopic (exact) mass is 398 g/mol. The van der Waals surface area contributed by atoms with Crippen molar-refractivity contribution in [3.63, 3.8) is 0 Å². The van der Waals surface area contributed by atoms with Crippen molar-refractivity contribution in [3.05, 3.63) is 63.7 Å². The highest BCUT2D eigenvalue weighted by Crippen LogP contribution is 2.27. The van der Waals surface area contributed by atoms with Crippen LogP contribution in [0.2, 0.25) is 5.02 Å². The van der Waals surface area contributed by atoms with Crippen molar-refractivity contribution < 1.29 is 4.74 Å². The highest BCUT2D eigenvalue weighted by molar-refractivity contribution is 6.30. The standard InChI is InChI=1S/C21H23ClN4O2/c1-2-28-19-13-15(22)7-8-18(19)26-20(14-25-11-9-23-10-12-25)24-17-6-4-3-5-16(17)21(26)27/h3-8,13,23H,2,9-12,14H2,1H3. The van der Waals surface area contributed by atoms with E-state index >= 15 is 0 Å². The van der Waals surface area contributed by atoms with E-state index in [1.54, 1.807) is 16.7 Å². The Kier molecular flexibility index (Phi) is 5.62. The molecule has 1 aromatic heterocycles. The second kappa shape index (κ2) is 8.31. The van der Waals surface area contributed by atoms with E-state index < -0.39 is 0 Å². The number of fused-ring (bicyclic) bond motifs is 1. The Morgan fingerprint density at radius 2 is 1.96 bits per heavy atom. The molecule has 0 bridgehead atoms. The maximum atomic E-state index is 13.4. The summed E-state index contributed by atoms with van der Waals surface area (Å²) in [5.74, 6) is 1.28. The van der Waals surface area contributed by atoms with E-state index in [0.717, 1.165) is 26.2 Å². The molecule has 28 heavy (non-hydrogen) atoms. The first-order chi connectivity index (χ1) is 13.7. The van der Waals surface area contributed by atoms with Crippen LogP contribution in [0.5, 0.6) is 5.75 Å². The summed E-state index contributed by atoms with van der Waals surface area (Å²) in [5.41, 5.74) is 1.28. The lowest BCUT2D eigenvalue weighted by Gasteiger charge is -2.28. The van der Waals surface area contributed by atoms with Gasteiger partial charge in [0.1, 0.15) is 11.6 Å². The van der Waals surface area contributed by atoms with Crippen molar-refractivity contribution in [2.75, 3.05) is 32.8 Å². The Morgan fingerprint density at radius 1 is 1.18 bits per heavy atom. The SMILES string of the molecule is CCOc1cc(Cl)ccc1-n1c(CN2CCNCC2)nc2ccccc2c1=O. The lowest BCUT2D eigenvalue weighted by molar-refractivity contribution is 0.226. The second-order valence-electron chi connectivity index (χ2n) is 6.76. The summed E-state index contributed by atoms with van der Waals surface area (Å²) in [6.45, 7) is 6.69. The van der Waals surface area contributed by atoms with E-state index in [1.165, 1.54) is 0 Å². The fourth-order valence-electron chi connectivity index (χ4n) is 3.55. The molecule has 7 heteroatoms. The first-order valence-electron chi connectivity index (χ1n) is 9.54. The van der Waals surface area contributed by atoms with E-state index in [-0.39, 0.29) is 5.56 Å². The summed E-state index contributed by atoms with van der Waals surface area (Å²) >= 11 is 6.17. The number of hydrogen-bond acceptors (Lipinski definition) is 5. The lowest BCUT2D eigenvalue weighted by atomic mass is 10.2. The van der Waals surface area contributed by atoms with Crippen molar-refractivity contribution in [3.8, 4) is 11.4 Å². The number of ether oxygens (including phenoxy) is 1. The van der Waals surface area contributed by atoms with Gasteiger partial charge in [0.05, 0.1) is 29.7 Å². The van der Waals surface area contributed by atoms with Gasteiger partial charge in [-0.25, -0.2) is 4.98 Å². The van der Waals surface area contributed by atoms with Gasteiger partial charge in [-0.05, 0) is 31.2 Å². The molecule has 2 heterocycles. The number of para-hydroxylation sites is 1. The van der Waals surface area contributed by atoms with Gasteiger partial charge >= 0.3 is 0 Å². The van der Waals surface area contributed by atoms with Crippen LogP contribution < -0.4 is 15.6 Å². The Labute approximate surface area is 168 Å². The summed E-state index contributed by atoms with van der Waals surface area (Å²) in [5, 5.41) is 4.51. The van der Waals surface area contributed by atoms with Gasteiger partial charge in [0.15, 0.2) is 0 Å². The minimum atomic E-state index is -0.0981. The van der Waals surface area contributed by atoms with Crippen molar-refractivity contribution in [2.24, 2.45) is 0 Å². The number of rotatable bonds is 5. The van der Waals surface area contributed by atoms with Gasteiger partial charge in [-0.1, -0.05) is 23.7 Å². The smallest absolute Gasteiger partial charge is 0.266 e. The Morgan fingerprint density at radius 3 is 2.75 bits per heavy atom. The number of aromatic nitrogens is 2. The molecule has 2 aromatic carbocycles. The zero-order valence-electron chi connectivity index (χ0n) is 15.8. The molecule has 6 nitrogen and oxygen atoms in total. The molecule has 1 saturated heterocycles. The molecular formula is C21H23ClN4O2. The predicted molar refractivity (Wildman–Crippen MR) is 112 cm³/mol. The van der Waals surface area contributed by atoms with Gasteiger partial charge < -0.3 is 10.1 Å². The van der Waals surface area contributed by atoms with Crippen LogP contribution in [0.25, 0.3) is 16.6 Å². The third kappa shape index (κ3) is 3.76. The molecule has 1 aliphatic rings. The molecular weight excluding hydrogens is 376 g/mol. The normalized spacial score (nSPS) is 15.1. The molecule has 1 aliphatic heterocycles. The molecule has 0 amide bonds. The minimum Gasteiger partial charge on any atom is -0.492 e. The molecule has 0 saturated carbocycles. The number of piperazine rings is 1. The number of halogens is 1. The number of nitrogens with zero attached hydrogens (tertiary/aromatic N) is 3. The van der Waals surface area contributed by atoms with Gasteiger partial charge in [-0.15, -0.1) is 0 Å². The fourth-order valence-corrected chi connectivity index (χ4v) is 3.71. The van der Waals surface area contributed by atoms with Gasteiger partial charge in [-0.3, -0.25) is 14.3 Å². The average molecular weight is 399 g/mol. The van der Waals surface area contributed by atoms with Crippen LogP contribution in [0, 0.1) is 0 Å². The lowest BCUT2D eigenvalue weighted by Crippen LogP contribution is -2.44. The summed E-state index contributed by atoms with van der Waals surface area (Å²) < 4.78 is 7.46. The first kappa shape index (κ1) is 18.9. The minimum absolute atomic E-state index is 0.0981. The molecule has 0 atom stereocenters. The van der Waals surface area contributed by atoms with Crippen LogP contribution in [0.4, 0.5) is 0 Å². The van der Waals surface area contributed by atoms with Crippen molar-refractivity contribution in [1.82, 2.24) is 19.8 Å². The van der Waals surface area contributed by atoms with E-state index in [9.17, 15) is 4.79 Å². The Bertz CT molecular complexity index is 1040. The van der Waals surface area contributed by atoms with E-state index in [1.807, 2.05) is 37.3 Å². The average Bonchev–Trinajstić information content (AvgIpc) is 2.70. The van der Waals surface area contributed by atoms with Crippen LogP contribution in [-0.4, -0.2) is 47.2 Å². The number of benzene rings is 2. The van der Waals surface area contributed by atoms with Crippen LogP contribution in [0.15, 0.2) is 47.3 Å². The maximum Gasteiger partial charge on any atom is 0.266 e. The summed E-state index contributed by atoms with van der Waals surface area (Å²) in [4.78, 5) is 20.6. The van der Waals surface area contributed by atoms with Crippen molar-refractivity contribution >= 4 is 22.5 Å². The molecule has 4 rings (SSSR count). The Balaban J connectivity index is 1.91. The zero-order valence-corrected chi connectivity index (χ0v) is 16.6. The quantitative estimate of drug-likeness (QED) is 0.716. The van der Waals surface area contributed by atoms with Gasteiger partial charge in [0.25, 0.3) is 5.56 Å². The Hall–Kier alpha value is -2.41. The van der Waals surface area contributed by atoms with Crippen molar-refractivity contribution in [1.29, 1.82) is 0 Å². The van der Waals surface area contributed by atoms with E-state index in [4.69, 9.17) is 21.3 Å². The highest BCUT2D eigenvalue weighted by atomic mass is 35.5. The van der Waals surface area contributed by atoms with Gasteiger partial charge in [0, 0.05) is 37.3 Å². The molecule has 0 spiro atoms. The molecule has 1 fully saturated rings. The van der Waals surface area contributed by atoms with Gasteiger partial charge in [-0.2, -0.15) is 0 Å². The molecule has 3 aromatic rings. The largest absolute Gasteiger partial charge is 0.492 e. The highest BCUT2D eigenvalue weighted by Gasteiger charge is 2.19. The third-order valence-electron chi connectivity index (χ3n) is 4.88. The molecule has 1 N–H and O–H groups in total. The summed E-state index contributed by atoms with van der Waals surface area (Å²) in [6.07, 6.45) is 0. The second-order valence-corrected chi connectivity index (χ2v) is 7.19. The first-order valence-corrected chi connectivity index (χ1v) is 9.91. The van der Waals surface area contributed by atoms with E-state index in [0.29, 0.717) is 46.3 Å². The summed E-state index contributed by atoms with van der Waals surface area (Å²) in [6, 6.07) is 12.8. The van der Waals surface area contributed by atoms with Crippen LogP contribution in [-0.2, 0) is 6.54 Å². The van der Waals surface area contributed by atoms with Crippen LogP contribution in [0.1, 0.15) is 12.7 Å². The zero-order chi connectivity index (χ0) is 19.5. The third-order valence-corrected chi connectivity index (χ3v) is 5.12. The summed E-state index contributed by atoms with van der Waals surface area (Å²) in [7, 11) is 0. The maximum absolute atomic E-state index is 13.4. The fraction of sp³-hybridized carbons (Fsp3) is 0.333. The van der Waals surface area contributed by atoms with Crippen LogP contribution >= 0.6 is 11.6 Å². The van der Waals surface area contributed by atoms with Gasteiger partial charge in [0.2, 0.25) is 0 Å². The molecule has 0 unspecified atom stereocenters. The van der Waals surface area contributed by atoms with Crippen LogP contribution in [0.3, 0.4) is 0 Å². The van der Waals surface area contributed by atoms with Crippen molar-refractivity contribution in [2.45, 2.75) is 13.5 Å². The number of hydrogen-bond donors (Lipinski definition) is 1. The number of nitrogens with one attached hydrogen (secondary N) is 1.